The van der Waals surface area contributed by atoms with Gasteiger partial charge in [0.05, 0.1) is 34.0 Å². The lowest BCUT2D eigenvalue weighted by Gasteiger charge is -2.30. The van der Waals surface area contributed by atoms with Gasteiger partial charge in [0.15, 0.2) is 34.5 Å². The molecule has 0 radical (unpaired) electrons. The predicted molar refractivity (Wildman–Crippen MR) is 279 cm³/mol. The molecule has 17 heteroatoms. The fourth-order valence-corrected chi connectivity index (χ4v) is 8.61. The van der Waals surface area contributed by atoms with E-state index in [2.05, 4.69) is 5.32 Å². The smallest absolute Gasteiger partial charge is 0.415 e. The minimum atomic E-state index is -1.21. The van der Waals surface area contributed by atoms with E-state index in [9.17, 15) is 24.0 Å². The lowest BCUT2D eigenvalue weighted by Crippen LogP contribution is -2.47. The standard InChI is InChI=1S/C57H57N3O14/c1-32(60(36-20-16-13-17-21-36)55(65)74-57(5,6)7)51(61)72-46-31-41-38(30-45(46)69-11)48-47(49-37-29-44(68-10)43(67-9)27-34(37)24-25-59(49)50(48)53(63)71-41)35-22-23-40(42(28-35)66-8)70-52(62)39(26-33-18-14-12-15-19-33)58-54(64)73-56(2,3)4/h12-25,27-32,39H,26H2,1-11H3,(H,58,64)/t32-,39+/m1/s1. The summed E-state index contributed by atoms with van der Waals surface area (Å²) in [5, 5.41) is 4.88. The number of methoxy groups -OCH3 is 4. The second kappa shape index (κ2) is 20.8. The molecule has 0 unspecified atom stereocenters. The van der Waals surface area contributed by atoms with Gasteiger partial charge in [-0.25, -0.2) is 24.0 Å². The number of aromatic nitrogens is 1. The number of carbonyl (C=O) groups excluding carboxylic acids is 4. The summed E-state index contributed by atoms with van der Waals surface area (Å²) in [5.41, 5.74) is 0.509. The SMILES string of the molecule is COc1cc2ccn3c(c(-c4ccc(OC(=O)[C@H](Cc5ccccc5)NC(=O)OC(C)(C)C)c(OC)c4)c4c5cc(OC)c(OC(=O)[C@@H](C)N(C(=O)OC(C)(C)C)c6ccccc6)cc5oc(=O)c43)c2cc1OC. The Hall–Kier alpha value is -8.73. The van der Waals surface area contributed by atoms with Gasteiger partial charge in [0.2, 0.25) is 0 Å². The number of anilines is 1. The Labute approximate surface area is 426 Å². The molecule has 0 aliphatic carbocycles. The van der Waals surface area contributed by atoms with Crippen molar-refractivity contribution in [2.75, 3.05) is 33.3 Å². The van der Waals surface area contributed by atoms with Crippen LogP contribution in [0.15, 0.2) is 125 Å². The van der Waals surface area contributed by atoms with E-state index in [0.29, 0.717) is 50.0 Å². The molecule has 0 bridgehead atoms. The summed E-state index contributed by atoms with van der Waals surface area (Å²) in [6.45, 7) is 11.8. The van der Waals surface area contributed by atoms with E-state index in [1.165, 1.54) is 46.3 Å². The Morgan fingerprint density at radius 3 is 1.85 bits per heavy atom. The van der Waals surface area contributed by atoms with E-state index in [0.717, 1.165) is 10.9 Å². The van der Waals surface area contributed by atoms with E-state index in [1.807, 2.05) is 48.5 Å². The average molecular weight is 1010 g/mol. The Balaban J connectivity index is 1.28. The predicted octanol–water partition coefficient (Wildman–Crippen LogP) is 10.8. The average Bonchev–Trinajstić information content (AvgIpc) is 3.72. The lowest BCUT2D eigenvalue weighted by molar-refractivity contribution is -0.137. The lowest BCUT2D eigenvalue weighted by atomic mass is 9.97. The number of esters is 2. The maximum Gasteiger partial charge on any atom is 0.415 e. The van der Waals surface area contributed by atoms with Crippen molar-refractivity contribution in [1.82, 2.24) is 9.72 Å². The molecule has 2 amide bonds. The van der Waals surface area contributed by atoms with E-state index < -0.39 is 53.0 Å². The maximum atomic E-state index is 14.5. The number of amides is 2. The van der Waals surface area contributed by atoms with E-state index in [4.69, 9.17) is 42.3 Å². The molecule has 0 fully saturated rings. The van der Waals surface area contributed by atoms with Gasteiger partial charge in [-0.15, -0.1) is 0 Å². The number of nitrogens with zero attached hydrogens (tertiary/aromatic N) is 2. The fourth-order valence-electron chi connectivity index (χ4n) is 8.61. The molecule has 8 rings (SSSR count). The zero-order chi connectivity index (χ0) is 53.2. The molecular formula is C57H57N3O14. The molecule has 17 nitrogen and oxygen atoms in total. The number of benzene rings is 5. The van der Waals surface area contributed by atoms with Gasteiger partial charge in [-0.1, -0.05) is 54.6 Å². The monoisotopic (exact) mass is 1010 g/mol. The van der Waals surface area contributed by atoms with Gasteiger partial charge in [0, 0.05) is 46.1 Å². The number of pyridine rings is 1. The van der Waals surface area contributed by atoms with Crippen molar-refractivity contribution in [1.29, 1.82) is 0 Å². The second-order valence-corrected chi connectivity index (χ2v) is 19.3. The topological polar surface area (TPSA) is 192 Å². The first-order chi connectivity index (χ1) is 35.2. The van der Waals surface area contributed by atoms with Crippen LogP contribution >= 0.6 is 0 Å². The summed E-state index contributed by atoms with van der Waals surface area (Å²) in [7, 11) is 5.88. The molecule has 384 valence electrons. The summed E-state index contributed by atoms with van der Waals surface area (Å²) in [6.07, 6.45) is 0.274. The van der Waals surface area contributed by atoms with Crippen LogP contribution < -0.4 is 44.3 Å². The molecule has 1 N–H and O–H groups in total. The van der Waals surface area contributed by atoms with Gasteiger partial charge in [-0.3, -0.25) is 4.90 Å². The van der Waals surface area contributed by atoms with Crippen molar-refractivity contribution in [2.45, 2.75) is 78.2 Å². The Kier molecular flexibility index (Phi) is 14.5. The summed E-state index contributed by atoms with van der Waals surface area (Å²) in [5.74, 6) is -0.538. The van der Waals surface area contributed by atoms with Crippen molar-refractivity contribution >= 4 is 68.0 Å². The molecule has 0 spiro atoms. The Morgan fingerprint density at radius 1 is 0.635 bits per heavy atom. The number of hydrogen-bond donors (Lipinski definition) is 1. The summed E-state index contributed by atoms with van der Waals surface area (Å²) >= 11 is 0. The molecule has 2 atom stereocenters. The zero-order valence-electron chi connectivity index (χ0n) is 42.9. The third-order valence-electron chi connectivity index (χ3n) is 11.8. The number of nitrogens with one attached hydrogen (secondary N) is 1. The van der Waals surface area contributed by atoms with E-state index in [1.54, 1.807) is 107 Å². The van der Waals surface area contributed by atoms with Gasteiger partial charge in [-0.2, -0.15) is 0 Å². The van der Waals surface area contributed by atoms with Crippen LogP contribution in [0.4, 0.5) is 15.3 Å². The first-order valence-corrected chi connectivity index (χ1v) is 23.6. The highest BCUT2D eigenvalue weighted by molar-refractivity contribution is 6.22. The Morgan fingerprint density at radius 2 is 1.22 bits per heavy atom. The highest BCUT2D eigenvalue weighted by atomic mass is 16.6. The van der Waals surface area contributed by atoms with E-state index in [-0.39, 0.29) is 40.5 Å². The van der Waals surface area contributed by atoms with Crippen LogP contribution in [0.3, 0.4) is 0 Å². The number of alkyl carbamates (subject to hydrolysis) is 1. The van der Waals surface area contributed by atoms with Gasteiger partial charge in [0.25, 0.3) is 0 Å². The van der Waals surface area contributed by atoms with Crippen molar-refractivity contribution in [2.24, 2.45) is 0 Å². The van der Waals surface area contributed by atoms with Gasteiger partial charge in [-0.05, 0) is 114 Å². The molecule has 8 aromatic rings. The summed E-state index contributed by atoms with van der Waals surface area (Å²) in [4.78, 5) is 70.6. The number of hydrogen-bond acceptors (Lipinski definition) is 14. The summed E-state index contributed by atoms with van der Waals surface area (Å²) in [6, 6.07) is 28.8. The molecule has 0 aliphatic heterocycles. The quantitative estimate of drug-likeness (QED) is 0.0614. The molecule has 0 aliphatic rings. The second-order valence-electron chi connectivity index (χ2n) is 19.3. The molecule has 0 saturated carbocycles. The first-order valence-electron chi connectivity index (χ1n) is 23.6. The van der Waals surface area contributed by atoms with Crippen LogP contribution in [0, 0.1) is 0 Å². The van der Waals surface area contributed by atoms with Crippen LogP contribution in [0.5, 0.6) is 34.5 Å². The Bertz CT molecular complexity index is 3500. The molecular weight excluding hydrogens is 951 g/mol. The molecule has 0 saturated heterocycles. The minimum absolute atomic E-state index is 0.0333. The van der Waals surface area contributed by atoms with Crippen molar-refractivity contribution in [3.8, 4) is 45.6 Å². The molecule has 3 heterocycles. The third kappa shape index (κ3) is 10.7. The van der Waals surface area contributed by atoms with Crippen LogP contribution in [-0.4, -0.2) is 80.3 Å². The van der Waals surface area contributed by atoms with Crippen molar-refractivity contribution in [3.05, 3.63) is 131 Å². The molecule has 74 heavy (non-hydrogen) atoms. The zero-order valence-corrected chi connectivity index (χ0v) is 42.9. The van der Waals surface area contributed by atoms with Gasteiger partial charge >= 0.3 is 29.8 Å². The fraction of sp³-hybridized carbons (Fsp3) is 0.281. The van der Waals surface area contributed by atoms with Gasteiger partial charge < -0.3 is 52.0 Å². The number of carbonyl (C=O) groups is 4. The first kappa shape index (κ1) is 51.6. The molecule has 5 aromatic carbocycles. The number of ether oxygens (including phenoxy) is 8. The van der Waals surface area contributed by atoms with Gasteiger partial charge in [0.1, 0.15) is 34.4 Å². The van der Waals surface area contributed by atoms with Crippen molar-refractivity contribution in [3.63, 3.8) is 0 Å². The summed E-state index contributed by atoms with van der Waals surface area (Å²) < 4.78 is 54.2. The van der Waals surface area contributed by atoms with Crippen LogP contribution in [0.25, 0.3) is 49.3 Å². The normalized spacial score (nSPS) is 12.5. The third-order valence-corrected chi connectivity index (χ3v) is 11.8. The van der Waals surface area contributed by atoms with Crippen LogP contribution in [-0.2, 0) is 25.5 Å². The number of fused-ring (bicyclic) bond motifs is 7. The largest absolute Gasteiger partial charge is 0.493 e. The van der Waals surface area contributed by atoms with E-state index >= 15 is 0 Å². The highest BCUT2D eigenvalue weighted by Crippen LogP contribution is 2.47. The minimum Gasteiger partial charge on any atom is -0.493 e. The van der Waals surface area contributed by atoms with Crippen LogP contribution in [0.1, 0.15) is 54.0 Å². The molecule has 3 aromatic heterocycles. The number of para-hydroxylation sites is 1. The maximum absolute atomic E-state index is 14.5. The van der Waals surface area contributed by atoms with Crippen molar-refractivity contribution < 1.29 is 61.5 Å². The number of rotatable bonds is 14. The van der Waals surface area contributed by atoms with Crippen LogP contribution in [0.2, 0.25) is 0 Å². The highest BCUT2D eigenvalue weighted by Gasteiger charge is 2.34.